The third-order valence-electron chi connectivity index (χ3n) is 5.96. The number of hydrogen-bond acceptors (Lipinski definition) is 1. The summed E-state index contributed by atoms with van der Waals surface area (Å²) >= 11 is 0. The van der Waals surface area contributed by atoms with Crippen LogP contribution >= 0.6 is 0 Å². The van der Waals surface area contributed by atoms with Gasteiger partial charge in [0.15, 0.2) is 0 Å². The standard InChI is InChI=1S/C31H25N/c1-22-18-29(27-15-9-14-26(20-27)24-10-5-3-6-11-24)19-23(2)31(22)28-16-17-30(32-21-28)25-12-7-4-8-13-25/h3-21H,1-2H3. The van der Waals surface area contributed by atoms with Crippen LogP contribution in [0.5, 0.6) is 0 Å². The topological polar surface area (TPSA) is 12.9 Å². The summed E-state index contributed by atoms with van der Waals surface area (Å²) in [6.07, 6.45) is 1.99. The Balaban J connectivity index is 1.49. The van der Waals surface area contributed by atoms with Gasteiger partial charge in [-0.25, -0.2) is 0 Å². The van der Waals surface area contributed by atoms with Gasteiger partial charge < -0.3 is 0 Å². The summed E-state index contributed by atoms with van der Waals surface area (Å²) in [5.74, 6) is 0. The number of aromatic nitrogens is 1. The van der Waals surface area contributed by atoms with Crippen LogP contribution < -0.4 is 0 Å². The summed E-state index contributed by atoms with van der Waals surface area (Å²) < 4.78 is 0. The van der Waals surface area contributed by atoms with E-state index in [0.717, 1.165) is 16.8 Å². The number of hydrogen-bond donors (Lipinski definition) is 0. The van der Waals surface area contributed by atoms with Crippen molar-refractivity contribution >= 4 is 0 Å². The number of pyridine rings is 1. The monoisotopic (exact) mass is 411 g/mol. The fourth-order valence-electron chi connectivity index (χ4n) is 4.42. The van der Waals surface area contributed by atoms with Crippen molar-refractivity contribution in [2.45, 2.75) is 13.8 Å². The van der Waals surface area contributed by atoms with E-state index in [1.54, 1.807) is 0 Å². The highest BCUT2D eigenvalue weighted by atomic mass is 14.7. The Morgan fingerprint density at radius 3 is 1.59 bits per heavy atom. The molecule has 0 spiro atoms. The first kappa shape index (κ1) is 20.0. The molecule has 1 heterocycles. The molecule has 0 atom stereocenters. The van der Waals surface area contributed by atoms with E-state index in [1.165, 1.54) is 38.9 Å². The molecule has 0 saturated heterocycles. The highest BCUT2D eigenvalue weighted by molar-refractivity contribution is 5.79. The Labute approximate surface area is 190 Å². The summed E-state index contributed by atoms with van der Waals surface area (Å²) in [6, 6.07) is 38.5. The van der Waals surface area contributed by atoms with Gasteiger partial charge in [-0.1, -0.05) is 97.1 Å². The zero-order valence-electron chi connectivity index (χ0n) is 18.4. The van der Waals surface area contributed by atoms with Gasteiger partial charge >= 0.3 is 0 Å². The molecule has 0 amide bonds. The first-order valence-corrected chi connectivity index (χ1v) is 11.0. The van der Waals surface area contributed by atoms with Crippen LogP contribution in [0.3, 0.4) is 0 Å². The largest absolute Gasteiger partial charge is 0.256 e. The number of aryl methyl sites for hydroxylation is 2. The summed E-state index contributed by atoms with van der Waals surface area (Å²) in [6.45, 7) is 4.38. The fraction of sp³-hybridized carbons (Fsp3) is 0.0645. The lowest BCUT2D eigenvalue weighted by Crippen LogP contribution is -1.92. The molecule has 5 rings (SSSR count). The minimum atomic E-state index is 0.999. The molecule has 1 nitrogen and oxygen atoms in total. The maximum absolute atomic E-state index is 4.73. The minimum absolute atomic E-state index is 0.999. The van der Waals surface area contributed by atoms with Gasteiger partial charge in [-0.05, 0) is 64.9 Å². The highest BCUT2D eigenvalue weighted by Crippen LogP contribution is 2.34. The van der Waals surface area contributed by atoms with Gasteiger partial charge in [-0.15, -0.1) is 0 Å². The van der Waals surface area contributed by atoms with Crippen LogP contribution in [-0.2, 0) is 0 Å². The summed E-state index contributed by atoms with van der Waals surface area (Å²) in [4.78, 5) is 4.73. The van der Waals surface area contributed by atoms with Crippen molar-refractivity contribution in [3.8, 4) is 44.6 Å². The molecular weight excluding hydrogens is 386 g/mol. The van der Waals surface area contributed by atoms with E-state index in [4.69, 9.17) is 4.98 Å². The van der Waals surface area contributed by atoms with Crippen LogP contribution in [0.2, 0.25) is 0 Å². The van der Waals surface area contributed by atoms with Gasteiger partial charge in [-0.2, -0.15) is 0 Å². The predicted molar refractivity (Wildman–Crippen MR) is 135 cm³/mol. The molecule has 0 unspecified atom stereocenters. The molecule has 154 valence electrons. The summed E-state index contributed by atoms with van der Waals surface area (Å²) in [5.41, 5.74) is 12.0. The second-order valence-corrected chi connectivity index (χ2v) is 8.23. The Kier molecular flexibility index (Phi) is 5.39. The molecule has 0 bridgehead atoms. The molecule has 32 heavy (non-hydrogen) atoms. The zero-order valence-corrected chi connectivity index (χ0v) is 18.4. The Morgan fingerprint density at radius 1 is 0.438 bits per heavy atom. The van der Waals surface area contributed by atoms with Gasteiger partial charge in [-0.3, -0.25) is 4.98 Å². The average Bonchev–Trinajstić information content (AvgIpc) is 2.85. The van der Waals surface area contributed by atoms with Crippen LogP contribution in [0, 0.1) is 13.8 Å². The molecule has 0 aliphatic heterocycles. The fourth-order valence-corrected chi connectivity index (χ4v) is 4.42. The third kappa shape index (κ3) is 3.98. The van der Waals surface area contributed by atoms with E-state index in [-0.39, 0.29) is 0 Å². The normalized spacial score (nSPS) is 10.8. The zero-order chi connectivity index (χ0) is 21.9. The highest BCUT2D eigenvalue weighted by Gasteiger charge is 2.11. The van der Waals surface area contributed by atoms with E-state index in [9.17, 15) is 0 Å². The molecule has 0 aliphatic carbocycles. The van der Waals surface area contributed by atoms with Crippen molar-refractivity contribution in [3.05, 3.63) is 127 Å². The molecule has 1 aromatic heterocycles. The van der Waals surface area contributed by atoms with Gasteiger partial charge in [0.25, 0.3) is 0 Å². The number of rotatable bonds is 4. The van der Waals surface area contributed by atoms with Crippen molar-refractivity contribution in [2.75, 3.05) is 0 Å². The van der Waals surface area contributed by atoms with Crippen LogP contribution in [0.25, 0.3) is 44.6 Å². The first-order chi connectivity index (χ1) is 15.7. The van der Waals surface area contributed by atoms with Crippen LogP contribution in [0.4, 0.5) is 0 Å². The molecule has 0 aliphatic rings. The molecular formula is C31H25N. The molecule has 1 heteroatoms. The van der Waals surface area contributed by atoms with Crippen LogP contribution in [0.1, 0.15) is 11.1 Å². The lowest BCUT2D eigenvalue weighted by atomic mass is 9.91. The molecule has 0 radical (unpaired) electrons. The molecule has 0 fully saturated rings. The smallest absolute Gasteiger partial charge is 0.0702 e. The molecule has 0 saturated carbocycles. The number of nitrogens with zero attached hydrogens (tertiary/aromatic N) is 1. The van der Waals surface area contributed by atoms with Crippen molar-refractivity contribution < 1.29 is 0 Å². The second kappa shape index (κ2) is 8.64. The molecule has 5 aromatic rings. The Bertz CT molecular complexity index is 1330. The van der Waals surface area contributed by atoms with Crippen LogP contribution in [0.15, 0.2) is 115 Å². The first-order valence-electron chi connectivity index (χ1n) is 11.0. The molecule has 4 aromatic carbocycles. The van der Waals surface area contributed by atoms with E-state index < -0.39 is 0 Å². The maximum atomic E-state index is 4.73. The Morgan fingerprint density at radius 2 is 1.00 bits per heavy atom. The van der Waals surface area contributed by atoms with Gasteiger partial charge in [0.2, 0.25) is 0 Å². The van der Waals surface area contributed by atoms with E-state index in [2.05, 4.69) is 105 Å². The SMILES string of the molecule is Cc1cc(-c2cccc(-c3ccccc3)c2)cc(C)c1-c1ccc(-c2ccccc2)nc1. The van der Waals surface area contributed by atoms with Gasteiger partial charge in [0.05, 0.1) is 5.69 Å². The average molecular weight is 412 g/mol. The second-order valence-electron chi connectivity index (χ2n) is 8.23. The summed E-state index contributed by atoms with van der Waals surface area (Å²) in [7, 11) is 0. The van der Waals surface area contributed by atoms with Crippen molar-refractivity contribution in [1.29, 1.82) is 0 Å². The predicted octanol–water partition coefficient (Wildman–Crippen LogP) is 8.37. The summed E-state index contributed by atoms with van der Waals surface area (Å²) in [5, 5.41) is 0. The third-order valence-corrected chi connectivity index (χ3v) is 5.96. The van der Waals surface area contributed by atoms with Crippen LogP contribution in [-0.4, -0.2) is 4.98 Å². The van der Waals surface area contributed by atoms with Crippen molar-refractivity contribution in [2.24, 2.45) is 0 Å². The van der Waals surface area contributed by atoms with Gasteiger partial charge in [0.1, 0.15) is 0 Å². The minimum Gasteiger partial charge on any atom is -0.256 e. The van der Waals surface area contributed by atoms with Crippen molar-refractivity contribution in [1.82, 2.24) is 4.98 Å². The quantitative estimate of drug-likeness (QED) is 0.289. The van der Waals surface area contributed by atoms with E-state index >= 15 is 0 Å². The number of benzene rings is 4. The van der Waals surface area contributed by atoms with Crippen molar-refractivity contribution in [3.63, 3.8) is 0 Å². The molecule has 0 N–H and O–H groups in total. The Hall–Kier alpha value is -3.97. The van der Waals surface area contributed by atoms with E-state index in [1.807, 2.05) is 24.4 Å². The lowest BCUT2D eigenvalue weighted by molar-refractivity contribution is 1.30. The van der Waals surface area contributed by atoms with Gasteiger partial charge in [0, 0.05) is 17.3 Å². The maximum Gasteiger partial charge on any atom is 0.0702 e. The lowest BCUT2D eigenvalue weighted by Gasteiger charge is -2.14. The van der Waals surface area contributed by atoms with E-state index in [0.29, 0.717) is 0 Å².